The number of carbonyl (C=O) groups excluding carboxylic acids is 1. The Labute approximate surface area is 142 Å². The van der Waals surface area contributed by atoms with Gasteiger partial charge in [0.2, 0.25) is 0 Å². The van der Waals surface area contributed by atoms with Crippen molar-refractivity contribution in [3.63, 3.8) is 0 Å². The molecule has 1 fully saturated rings. The van der Waals surface area contributed by atoms with Gasteiger partial charge in [-0.15, -0.1) is 0 Å². The van der Waals surface area contributed by atoms with E-state index in [2.05, 4.69) is 4.90 Å². The number of aryl methyl sites for hydroxylation is 1. The molecule has 24 heavy (non-hydrogen) atoms. The Balaban J connectivity index is 1.40. The first-order chi connectivity index (χ1) is 11.7. The van der Waals surface area contributed by atoms with E-state index in [1.807, 2.05) is 47.4 Å². The first-order valence-electron chi connectivity index (χ1n) is 8.53. The molecule has 1 heterocycles. The van der Waals surface area contributed by atoms with Gasteiger partial charge in [-0.25, -0.2) is 4.39 Å². The van der Waals surface area contributed by atoms with Gasteiger partial charge in [-0.2, -0.15) is 0 Å². The minimum atomic E-state index is -0.182. The molecule has 126 valence electrons. The molecule has 0 unspecified atom stereocenters. The molecule has 0 saturated carbocycles. The number of benzene rings is 2. The van der Waals surface area contributed by atoms with Crippen molar-refractivity contribution in [1.29, 1.82) is 0 Å². The third kappa shape index (κ3) is 4.42. The maximum atomic E-state index is 12.9. The molecule has 0 spiro atoms. The number of piperazine rings is 1. The van der Waals surface area contributed by atoms with Crippen LogP contribution in [0, 0.1) is 5.82 Å². The lowest BCUT2D eigenvalue weighted by Crippen LogP contribution is -2.48. The normalized spacial score (nSPS) is 15.5. The van der Waals surface area contributed by atoms with E-state index >= 15 is 0 Å². The molecule has 4 heteroatoms. The fraction of sp³-hybridized carbons (Fsp3) is 0.350. The Kier molecular flexibility index (Phi) is 5.59. The zero-order chi connectivity index (χ0) is 16.8. The van der Waals surface area contributed by atoms with Crippen molar-refractivity contribution in [3.8, 4) is 0 Å². The highest BCUT2D eigenvalue weighted by molar-refractivity contribution is 5.94. The van der Waals surface area contributed by atoms with Gasteiger partial charge >= 0.3 is 0 Å². The van der Waals surface area contributed by atoms with Gasteiger partial charge in [-0.05, 0) is 49.2 Å². The SMILES string of the molecule is O=C(c1ccccc1)N1CCN(CCCc2ccc(F)cc2)CC1. The van der Waals surface area contributed by atoms with Crippen LogP contribution >= 0.6 is 0 Å². The zero-order valence-electron chi connectivity index (χ0n) is 13.8. The van der Waals surface area contributed by atoms with Crippen molar-refractivity contribution in [3.05, 3.63) is 71.5 Å². The second-order valence-electron chi connectivity index (χ2n) is 6.23. The maximum Gasteiger partial charge on any atom is 0.253 e. The Morgan fingerprint density at radius 3 is 2.25 bits per heavy atom. The van der Waals surface area contributed by atoms with Crippen LogP contribution in [-0.4, -0.2) is 48.4 Å². The largest absolute Gasteiger partial charge is 0.336 e. The molecule has 0 radical (unpaired) electrons. The number of hydrogen-bond acceptors (Lipinski definition) is 2. The standard InChI is InChI=1S/C20H23FN2O/c21-19-10-8-17(9-11-19)5-4-12-22-13-15-23(16-14-22)20(24)18-6-2-1-3-7-18/h1-3,6-11H,4-5,12-16H2. The van der Waals surface area contributed by atoms with Gasteiger partial charge in [-0.3, -0.25) is 9.69 Å². The summed E-state index contributed by atoms with van der Waals surface area (Å²) in [5.41, 5.74) is 1.94. The van der Waals surface area contributed by atoms with E-state index < -0.39 is 0 Å². The highest BCUT2D eigenvalue weighted by Crippen LogP contribution is 2.10. The van der Waals surface area contributed by atoms with Crippen molar-refractivity contribution >= 4 is 5.91 Å². The van der Waals surface area contributed by atoms with Crippen LogP contribution in [0.2, 0.25) is 0 Å². The summed E-state index contributed by atoms with van der Waals surface area (Å²) in [6, 6.07) is 16.2. The molecule has 0 N–H and O–H groups in total. The Morgan fingerprint density at radius 1 is 0.917 bits per heavy atom. The molecule has 1 aliphatic heterocycles. The molecule has 0 bridgehead atoms. The summed E-state index contributed by atoms with van der Waals surface area (Å²) in [4.78, 5) is 16.7. The van der Waals surface area contributed by atoms with Crippen LogP contribution in [-0.2, 0) is 6.42 Å². The quantitative estimate of drug-likeness (QED) is 0.842. The van der Waals surface area contributed by atoms with E-state index in [0.29, 0.717) is 0 Å². The van der Waals surface area contributed by atoms with Gasteiger partial charge in [0.25, 0.3) is 5.91 Å². The van der Waals surface area contributed by atoms with Crippen LogP contribution in [0.15, 0.2) is 54.6 Å². The maximum absolute atomic E-state index is 12.9. The predicted molar refractivity (Wildman–Crippen MR) is 93.5 cm³/mol. The molecule has 1 saturated heterocycles. The van der Waals surface area contributed by atoms with Gasteiger partial charge in [0.1, 0.15) is 5.82 Å². The van der Waals surface area contributed by atoms with E-state index in [1.165, 1.54) is 17.7 Å². The Hall–Kier alpha value is -2.20. The van der Waals surface area contributed by atoms with Crippen molar-refractivity contribution < 1.29 is 9.18 Å². The molecule has 2 aromatic rings. The number of hydrogen-bond donors (Lipinski definition) is 0. The minimum absolute atomic E-state index is 0.126. The Bertz CT molecular complexity index is 649. The van der Waals surface area contributed by atoms with Crippen LogP contribution in [0.1, 0.15) is 22.3 Å². The number of nitrogens with zero attached hydrogens (tertiary/aromatic N) is 2. The van der Waals surface area contributed by atoms with E-state index in [1.54, 1.807) is 0 Å². The average Bonchev–Trinajstić information content (AvgIpc) is 2.64. The lowest BCUT2D eigenvalue weighted by Gasteiger charge is -2.34. The van der Waals surface area contributed by atoms with Gasteiger partial charge < -0.3 is 4.90 Å². The van der Waals surface area contributed by atoms with Crippen LogP contribution in [0.5, 0.6) is 0 Å². The average molecular weight is 326 g/mol. The van der Waals surface area contributed by atoms with Gasteiger partial charge in [-0.1, -0.05) is 30.3 Å². The summed E-state index contributed by atoms with van der Waals surface area (Å²) in [7, 11) is 0. The first kappa shape index (κ1) is 16.7. The molecule has 2 aromatic carbocycles. The first-order valence-corrected chi connectivity index (χ1v) is 8.53. The number of carbonyl (C=O) groups is 1. The van der Waals surface area contributed by atoms with Crippen molar-refractivity contribution in [2.75, 3.05) is 32.7 Å². The van der Waals surface area contributed by atoms with Crippen LogP contribution in [0.3, 0.4) is 0 Å². The summed E-state index contributed by atoms with van der Waals surface area (Å²) in [5.74, 6) is -0.0560. The Morgan fingerprint density at radius 2 is 1.58 bits per heavy atom. The smallest absolute Gasteiger partial charge is 0.253 e. The van der Waals surface area contributed by atoms with E-state index in [0.717, 1.165) is 51.1 Å². The molecular weight excluding hydrogens is 303 g/mol. The third-order valence-corrected chi connectivity index (χ3v) is 4.53. The van der Waals surface area contributed by atoms with Gasteiger partial charge in [0, 0.05) is 31.7 Å². The van der Waals surface area contributed by atoms with Crippen LogP contribution in [0.4, 0.5) is 4.39 Å². The number of amides is 1. The van der Waals surface area contributed by atoms with Crippen molar-refractivity contribution in [1.82, 2.24) is 9.80 Å². The lowest BCUT2D eigenvalue weighted by molar-refractivity contribution is 0.0636. The van der Waals surface area contributed by atoms with Gasteiger partial charge in [0.15, 0.2) is 0 Å². The molecule has 1 aliphatic rings. The summed E-state index contributed by atoms with van der Waals surface area (Å²) >= 11 is 0. The minimum Gasteiger partial charge on any atom is -0.336 e. The van der Waals surface area contributed by atoms with Crippen molar-refractivity contribution in [2.24, 2.45) is 0 Å². The number of rotatable bonds is 5. The van der Waals surface area contributed by atoms with Crippen LogP contribution < -0.4 is 0 Å². The fourth-order valence-electron chi connectivity index (χ4n) is 3.10. The van der Waals surface area contributed by atoms with E-state index in [-0.39, 0.29) is 11.7 Å². The second kappa shape index (κ2) is 8.06. The summed E-state index contributed by atoms with van der Waals surface area (Å²) < 4.78 is 12.9. The molecule has 3 nitrogen and oxygen atoms in total. The predicted octanol–water partition coefficient (Wildman–Crippen LogP) is 3.22. The van der Waals surface area contributed by atoms with Gasteiger partial charge in [0.05, 0.1) is 0 Å². The van der Waals surface area contributed by atoms with Crippen molar-refractivity contribution in [2.45, 2.75) is 12.8 Å². The fourth-order valence-corrected chi connectivity index (χ4v) is 3.10. The highest BCUT2D eigenvalue weighted by Gasteiger charge is 2.21. The molecule has 0 aromatic heterocycles. The highest BCUT2D eigenvalue weighted by atomic mass is 19.1. The summed E-state index contributed by atoms with van der Waals surface area (Å²) in [5, 5.41) is 0. The molecule has 1 amide bonds. The number of halogens is 1. The summed E-state index contributed by atoms with van der Waals surface area (Å²) in [6.45, 7) is 4.42. The third-order valence-electron chi connectivity index (χ3n) is 4.53. The zero-order valence-corrected chi connectivity index (χ0v) is 13.8. The van der Waals surface area contributed by atoms with E-state index in [4.69, 9.17) is 0 Å². The molecule has 3 rings (SSSR count). The van der Waals surface area contributed by atoms with Crippen LogP contribution in [0.25, 0.3) is 0 Å². The van der Waals surface area contributed by atoms with E-state index in [9.17, 15) is 9.18 Å². The second-order valence-corrected chi connectivity index (χ2v) is 6.23. The monoisotopic (exact) mass is 326 g/mol. The molecular formula is C20H23FN2O. The topological polar surface area (TPSA) is 23.6 Å². The molecule has 0 atom stereocenters. The lowest BCUT2D eigenvalue weighted by atomic mass is 10.1. The summed E-state index contributed by atoms with van der Waals surface area (Å²) in [6.07, 6.45) is 2.02. The molecule has 0 aliphatic carbocycles.